The predicted octanol–water partition coefficient (Wildman–Crippen LogP) is 4.09. The minimum atomic E-state index is -0.424. The van der Waals surface area contributed by atoms with E-state index in [-0.39, 0.29) is 12.1 Å². The maximum absolute atomic E-state index is 11.9. The quantitative estimate of drug-likeness (QED) is 0.790. The van der Waals surface area contributed by atoms with Gasteiger partial charge in [0, 0.05) is 23.4 Å². The Morgan fingerprint density at radius 1 is 1.09 bits per heavy atom. The third-order valence-corrected chi connectivity index (χ3v) is 5.89. The Morgan fingerprint density at radius 3 is 2.48 bits per heavy atom. The SMILES string of the molecule is CCSC1CCC(NC2CCCC(NC(=O)OC(C)(C)C)C2)C1. The van der Waals surface area contributed by atoms with Crippen LogP contribution in [0.3, 0.4) is 0 Å². The smallest absolute Gasteiger partial charge is 0.407 e. The number of carbonyl (C=O) groups excluding carboxylic acids is 1. The van der Waals surface area contributed by atoms with E-state index >= 15 is 0 Å². The maximum Gasteiger partial charge on any atom is 0.407 e. The van der Waals surface area contributed by atoms with Crippen molar-refractivity contribution in [3.05, 3.63) is 0 Å². The summed E-state index contributed by atoms with van der Waals surface area (Å²) in [5.74, 6) is 1.22. The van der Waals surface area contributed by atoms with Gasteiger partial charge >= 0.3 is 6.09 Å². The molecule has 2 N–H and O–H groups in total. The molecule has 0 radical (unpaired) electrons. The molecule has 0 aromatic heterocycles. The molecule has 23 heavy (non-hydrogen) atoms. The first-order valence-electron chi connectivity index (χ1n) is 9.23. The van der Waals surface area contributed by atoms with E-state index in [1.165, 1.54) is 37.9 Å². The summed E-state index contributed by atoms with van der Waals surface area (Å²) in [5, 5.41) is 7.75. The molecule has 134 valence electrons. The lowest BCUT2D eigenvalue weighted by Gasteiger charge is -2.33. The lowest BCUT2D eigenvalue weighted by Crippen LogP contribution is -2.47. The van der Waals surface area contributed by atoms with Crippen LogP contribution < -0.4 is 10.6 Å². The molecular formula is C18H34N2O2S. The van der Waals surface area contributed by atoms with Crippen molar-refractivity contribution in [1.29, 1.82) is 0 Å². The topological polar surface area (TPSA) is 50.4 Å². The molecule has 4 nitrogen and oxygen atoms in total. The average Bonchev–Trinajstić information content (AvgIpc) is 2.84. The zero-order valence-electron chi connectivity index (χ0n) is 15.2. The predicted molar refractivity (Wildman–Crippen MR) is 98.1 cm³/mol. The zero-order chi connectivity index (χ0) is 16.9. The molecule has 5 heteroatoms. The Bertz CT molecular complexity index is 384. The molecule has 0 saturated heterocycles. The van der Waals surface area contributed by atoms with Gasteiger partial charge in [0.2, 0.25) is 0 Å². The minimum Gasteiger partial charge on any atom is -0.444 e. The highest BCUT2D eigenvalue weighted by molar-refractivity contribution is 7.99. The van der Waals surface area contributed by atoms with Crippen molar-refractivity contribution in [2.24, 2.45) is 0 Å². The van der Waals surface area contributed by atoms with E-state index in [4.69, 9.17) is 4.74 Å². The number of nitrogens with one attached hydrogen (secondary N) is 2. The number of ether oxygens (including phenoxy) is 1. The van der Waals surface area contributed by atoms with Gasteiger partial charge in [-0.25, -0.2) is 4.79 Å². The molecule has 2 aliphatic rings. The molecule has 0 heterocycles. The number of hydrogen-bond acceptors (Lipinski definition) is 4. The molecule has 0 aliphatic heterocycles. The Hall–Kier alpha value is -0.420. The Kier molecular flexibility index (Phi) is 7.08. The number of carbonyl (C=O) groups is 1. The number of alkyl carbamates (subject to hydrolysis) is 1. The van der Waals surface area contributed by atoms with Gasteiger partial charge in [0.05, 0.1) is 0 Å². The van der Waals surface area contributed by atoms with Crippen LogP contribution >= 0.6 is 11.8 Å². The van der Waals surface area contributed by atoms with Crippen LogP contribution in [-0.2, 0) is 4.74 Å². The van der Waals surface area contributed by atoms with Gasteiger partial charge in [-0.3, -0.25) is 0 Å². The van der Waals surface area contributed by atoms with Gasteiger partial charge in [-0.1, -0.05) is 6.92 Å². The Balaban J connectivity index is 1.72. The molecule has 4 atom stereocenters. The van der Waals surface area contributed by atoms with Gasteiger partial charge in [-0.2, -0.15) is 11.8 Å². The summed E-state index contributed by atoms with van der Waals surface area (Å²) < 4.78 is 5.38. The van der Waals surface area contributed by atoms with Crippen molar-refractivity contribution < 1.29 is 9.53 Å². The van der Waals surface area contributed by atoms with Crippen molar-refractivity contribution in [2.45, 2.75) is 102 Å². The van der Waals surface area contributed by atoms with Crippen LogP contribution in [0.1, 0.15) is 72.6 Å². The van der Waals surface area contributed by atoms with E-state index in [9.17, 15) is 4.79 Å². The second kappa shape index (κ2) is 8.61. The van der Waals surface area contributed by atoms with Gasteiger partial charge in [0.25, 0.3) is 0 Å². The fourth-order valence-electron chi connectivity index (χ4n) is 3.76. The summed E-state index contributed by atoms with van der Waals surface area (Å²) in [6, 6.07) is 1.46. The summed E-state index contributed by atoms with van der Waals surface area (Å²) in [4.78, 5) is 11.9. The van der Waals surface area contributed by atoms with Crippen LogP contribution in [0.25, 0.3) is 0 Å². The van der Waals surface area contributed by atoms with Gasteiger partial charge in [-0.05, 0) is 71.5 Å². The molecule has 2 saturated carbocycles. The van der Waals surface area contributed by atoms with Gasteiger partial charge in [-0.15, -0.1) is 0 Å². The molecule has 4 unspecified atom stereocenters. The van der Waals surface area contributed by atoms with E-state index in [0.29, 0.717) is 12.1 Å². The molecule has 2 aliphatic carbocycles. The van der Waals surface area contributed by atoms with Gasteiger partial charge in [0.1, 0.15) is 5.60 Å². The first-order chi connectivity index (χ1) is 10.9. The highest BCUT2D eigenvalue weighted by Crippen LogP contribution is 2.31. The number of rotatable bonds is 5. The third kappa shape index (κ3) is 6.92. The van der Waals surface area contributed by atoms with Crippen LogP contribution in [-0.4, -0.2) is 40.8 Å². The van der Waals surface area contributed by atoms with Crippen molar-refractivity contribution in [3.8, 4) is 0 Å². The van der Waals surface area contributed by atoms with Crippen molar-refractivity contribution in [2.75, 3.05) is 5.75 Å². The molecule has 2 fully saturated rings. The zero-order valence-corrected chi connectivity index (χ0v) is 16.0. The van der Waals surface area contributed by atoms with Crippen LogP contribution in [0.5, 0.6) is 0 Å². The second-order valence-electron chi connectivity index (χ2n) is 7.96. The largest absolute Gasteiger partial charge is 0.444 e. The standard InChI is InChI=1S/C18H34N2O2S/c1-5-23-16-10-9-15(12-16)19-13-7-6-8-14(11-13)20-17(21)22-18(2,3)4/h13-16,19H,5-12H2,1-4H3,(H,20,21). The molecule has 0 aromatic carbocycles. The molecular weight excluding hydrogens is 308 g/mol. The fourth-order valence-corrected chi connectivity index (χ4v) is 4.90. The van der Waals surface area contributed by atoms with Crippen molar-refractivity contribution in [1.82, 2.24) is 10.6 Å². The lowest BCUT2D eigenvalue weighted by atomic mass is 9.90. The highest BCUT2D eigenvalue weighted by atomic mass is 32.2. The Labute approximate surface area is 145 Å². The molecule has 0 aromatic rings. The average molecular weight is 343 g/mol. The van der Waals surface area contributed by atoms with Crippen molar-refractivity contribution >= 4 is 17.9 Å². The highest BCUT2D eigenvalue weighted by Gasteiger charge is 2.30. The van der Waals surface area contributed by atoms with E-state index in [1.54, 1.807) is 0 Å². The van der Waals surface area contributed by atoms with Crippen LogP contribution in [0.2, 0.25) is 0 Å². The van der Waals surface area contributed by atoms with E-state index < -0.39 is 5.60 Å². The van der Waals surface area contributed by atoms with Gasteiger partial charge in [0.15, 0.2) is 0 Å². The van der Waals surface area contributed by atoms with E-state index in [0.717, 1.165) is 18.1 Å². The second-order valence-corrected chi connectivity index (χ2v) is 9.54. The van der Waals surface area contributed by atoms with Crippen LogP contribution in [0.4, 0.5) is 4.79 Å². The molecule has 1 amide bonds. The fraction of sp³-hybridized carbons (Fsp3) is 0.944. The maximum atomic E-state index is 11.9. The summed E-state index contributed by atoms with van der Waals surface area (Å²) in [6.45, 7) is 7.97. The molecule has 0 spiro atoms. The lowest BCUT2D eigenvalue weighted by molar-refractivity contribution is 0.0488. The first-order valence-corrected chi connectivity index (χ1v) is 10.3. The van der Waals surface area contributed by atoms with E-state index in [2.05, 4.69) is 29.3 Å². The van der Waals surface area contributed by atoms with Crippen LogP contribution in [0.15, 0.2) is 0 Å². The van der Waals surface area contributed by atoms with Crippen LogP contribution in [0, 0.1) is 0 Å². The number of thioether (sulfide) groups is 1. The summed E-state index contributed by atoms with van der Waals surface area (Å²) in [5.41, 5.74) is -0.424. The molecule has 0 bridgehead atoms. The van der Waals surface area contributed by atoms with Gasteiger partial charge < -0.3 is 15.4 Å². The minimum absolute atomic E-state index is 0.248. The van der Waals surface area contributed by atoms with Crippen molar-refractivity contribution in [3.63, 3.8) is 0 Å². The van der Waals surface area contributed by atoms with E-state index in [1.807, 2.05) is 20.8 Å². The first kappa shape index (κ1) is 18.9. The monoisotopic (exact) mass is 342 g/mol. The summed E-state index contributed by atoms with van der Waals surface area (Å²) >= 11 is 2.11. The summed E-state index contributed by atoms with van der Waals surface area (Å²) in [6.07, 6.45) is 8.19. The summed E-state index contributed by atoms with van der Waals surface area (Å²) in [7, 11) is 0. The number of hydrogen-bond donors (Lipinski definition) is 2. The molecule has 2 rings (SSSR count). The number of amides is 1. The normalized spacial score (nSPS) is 31.8. The third-order valence-electron chi connectivity index (χ3n) is 4.65. The Morgan fingerprint density at radius 2 is 1.78 bits per heavy atom.